The van der Waals surface area contributed by atoms with Crippen LogP contribution in [0.25, 0.3) is 22.0 Å². The van der Waals surface area contributed by atoms with E-state index in [0.29, 0.717) is 23.3 Å². The summed E-state index contributed by atoms with van der Waals surface area (Å²) in [5, 5.41) is 3.80. The van der Waals surface area contributed by atoms with Crippen molar-refractivity contribution in [2.24, 2.45) is 0 Å². The van der Waals surface area contributed by atoms with Gasteiger partial charge >= 0.3 is 0 Å². The Kier molecular flexibility index (Phi) is 4.10. The molecule has 0 radical (unpaired) electrons. The minimum absolute atomic E-state index is 0.0441. The molecule has 2 aromatic carbocycles. The maximum atomic E-state index is 13.5. The summed E-state index contributed by atoms with van der Waals surface area (Å²) in [5.41, 5.74) is 2.63. The van der Waals surface area contributed by atoms with Gasteiger partial charge in [0.2, 0.25) is 15.9 Å². The van der Waals surface area contributed by atoms with Crippen LogP contribution in [0.3, 0.4) is 0 Å². The summed E-state index contributed by atoms with van der Waals surface area (Å²) in [4.78, 5) is 15.1. The fraction of sp³-hybridized carbons (Fsp3) is 0.318. The number of fused-ring (bicyclic) bond motifs is 2. The number of nitrogens with zero attached hydrogens (tertiary/aromatic N) is 1. The molecule has 3 aromatic rings. The Morgan fingerprint density at radius 3 is 2.77 bits per heavy atom. The van der Waals surface area contributed by atoms with E-state index >= 15 is 0 Å². The fourth-order valence-corrected chi connectivity index (χ4v) is 6.64. The number of aromatic nitrogens is 1. The molecule has 2 aliphatic heterocycles. The molecule has 1 fully saturated rings. The van der Waals surface area contributed by atoms with Gasteiger partial charge in [-0.15, -0.1) is 0 Å². The molecule has 6 nitrogen and oxygen atoms in total. The first-order valence-electron chi connectivity index (χ1n) is 9.92. The van der Waals surface area contributed by atoms with Crippen molar-refractivity contribution in [2.45, 2.75) is 43.2 Å². The van der Waals surface area contributed by atoms with Crippen LogP contribution in [0.2, 0.25) is 0 Å². The Morgan fingerprint density at radius 1 is 1.23 bits per heavy atom. The first kappa shape index (κ1) is 19.3. The van der Waals surface area contributed by atoms with E-state index in [9.17, 15) is 17.6 Å². The fourth-order valence-electron chi connectivity index (χ4n) is 4.64. The largest absolute Gasteiger partial charge is 0.360 e. The SMILES string of the molecule is CC1c2cc(-c3c[nH]c4cc(F)ccc34)ccc2S(=O)(=O)N1C[C@@]1(C)CCC(=O)N1. The van der Waals surface area contributed by atoms with Crippen LogP contribution in [0.4, 0.5) is 4.39 Å². The lowest BCUT2D eigenvalue weighted by atomic mass is 9.97. The van der Waals surface area contributed by atoms with Crippen LogP contribution >= 0.6 is 0 Å². The van der Waals surface area contributed by atoms with Crippen LogP contribution in [0.5, 0.6) is 0 Å². The molecule has 2 N–H and O–H groups in total. The van der Waals surface area contributed by atoms with Gasteiger partial charge in [0.15, 0.2) is 0 Å². The summed E-state index contributed by atoms with van der Waals surface area (Å²) in [7, 11) is -3.65. The second-order valence-electron chi connectivity index (χ2n) is 8.48. The van der Waals surface area contributed by atoms with Gasteiger partial charge in [0.25, 0.3) is 0 Å². The number of hydrogen-bond acceptors (Lipinski definition) is 3. The van der Waals surface area contributed by atoms with E-state index < -0.39 is 15.6 Å². The van der Waals surface area contributed by atoms with Crippen molar-refractivity contribution >= 4 is 26.8 Å². The number of H-pyrrole nitrogens is 1. The summed E-state index contributed by atoms with van der Waals surface area (Å²) < 4.78 is 41.4. The number of sulfonamides is 1. The predicted molar refractivity (Wildman–Crippen MR) is 112 cm³/mol. The predicted octanol–water partition coefficient (Wildman–Crippen LogP) is 3.71. The quantitative estimate of drug-likeness (QED) is 0.669. The minimum atomic E-state index is -3.65. The lowest BCUT2D eigenvalue weighted by Crippen LogP contribution is -2.49. The van der Waals surface area contributed by atoms with Crippen LogP contribution in [0, 0.1) is 5.82 Å². The number of carbonyl (C=O) groups is 1. The lowest BCUT2D eigenvalue weighted by Gasteiger charge is -2.31. The van der Waals surface area contributed by atoms with Crippen molar-refractivity contribution in [2.75, 3.05) is 6.54 Å². The molecule has 0 bridgehead atoms. The Hall–Kier alpha value is -2.71. The van der Waals surface area contributed by atoms with Gasteiger partial charge in [-0.1, -0.05) is 6.07 Å². The van der Waals surface area contributed by atoms with E-state index in [2.05, 4.69) is 10.3 Å². The highest BCUT2D eigenvalue weighted by Gasteiger charge is 2.45. The number of halogens is 1. The third-order valence-electron chi connectivity index (χ3n) is 6.28. The normalized spacial score (nSPS) is 25.6. The Labute approximate surface area is 174 Å². The minimum Gasteiger partial charge on any atom is -0.360 e. The van der Waals surface area contributed by atoms with Gasteiger partial charge < -0.3 is 10.3 Å². The van der Waals surface area contributed by atoms with E-state index in [-0.39, 0.29) is 24.3 Å². The zero-order chi connectivity index (χ0) is 21.3. The summed E-state index contributed by atoms with van der Waals surface area (Å²) in [5.74, 6) is -0.356. The molecule has 2 aliphatic rings. The van der Waals surface area contributed by atoms with Gasteiger partial charge in [0.1, 0.15) is 5.82 Å². The molecule has 1 amide bonds. The van der Waals surface area contributed by atoms with E-state index in [1.807, 2.05) is 26.1 Å². The molecule has 30 heavy (non-hydrogen) atoms. The molecule has 2 atom stereocenters. The number of rotatable bonds is 3. The number of amides is 1. The summed E-state index contributed by atoms with van der Waals surface area (Å²) in [6, 6.07) is 9.57. The first-order valence-corrected chi connectivity index (χ1v) is 11.4. The Bertz CT molecular complexity index is 1300. The van der Waals surface area contributed by atoms with E-state index in [0.717, 1.165) is 22.1 Å². The van der Waals surface area contributed by atoms with Gasteiger partial charge in [-0.25, -0.2) is 12.8 Å². The van der Waals surface area contributed by atoms with Crippen molar-refractivity contribution in [1.29, 1.82) is 0 Å². The van der Waals surface area contributed by atoms with Crippen LogP contribution in [0.1, 0.15) is 38.3 Å². The number of benzene rings is 2. The van der Waals surface area contributed by atoms with Gasteiger partial charge in [-0.3, -0.25) is 4.79 Å². The highest BCUT2D eigenvalue weighted by molar-refractivity contribution is 7.89. The first-order chi connectivity index (χ1) is 14.2. The van der Waals surface area contributed by atoms with Gasteiger partial charge in [-0.05, 0) is 61.7 Å². The molecule has 5 rings (SSSR count). The second-order valence-corrected chi connectivity index (χ2v) is 10.3. The molecular weight excluding hydrogens is 405 g/mol. The third-order valence-corrected chi connectivity index (χ3v) is 8.27. The molecule has 1 aromatic heterocycles. The molecule has 1 saturated heterocycles. The molecular formula is C22H22FN3O3S. The molecule has 1 unspecified atom stereocenters. The average molecular weight is 428 g/mol. The maximum absolute atomic E-state index is 13.5. The Morgan fingerprint density at radius 2 is 2.03 bits per heavy atom. The highest BCUT2D eigenvalue weighted by Crippen LogP contribution is 2.43. The highest BCUT2D eigenvalue weighted by atomic mass is 32.2. The monoisotopic (exact) mass is 427 g/mol. The average Bonchev–Trinajstić information content (AvgIpc) is 3.32. The number of nitrogens with one attached hydrogen (secondary N) is 2. The standard InChI is InChI=1S/C22H22FN3O3S/c1-13-17-9-14(18-11-24-19-10-15(23)4-5-16(18)19)3-6-20(17)30(28,29)26(13)12-22(2)8-7-21(27)25-22/h3-6,9-11,13,24H,7-8,12H2,1-2H3,(H,25,27)/t13?,22-/m1/s1. The van der Waals surface area contributed by atoms with E-state index in [1.165, 1.54) is 16.4 Å². The van der Waals surface area contributed by atoms with Crippen LogP contribution < -0.4 is 5.32 Å². The van der Waals surface area contributed by atoms with E-state index in [4.69, 9.17) is 0 Å². The lowest BCUT2D eigenvalue weighted by molar-refractivity contribution is -0.119. The van der Waals surface area contributed by atoms with Gasteiger partial charge in [0, 0.05) is 41.7 Å². The number of aromatic amines is 1. The molecule has 8 heteroatoms. The Balaban J connectivity index is 1.54. The van der Waals surface area contributed by atoms with Crippen molar-refractivity contribution in [1.82, 2.24) is 14.6 Å². The number of carbonyl (C=O) groups excluding carboxylic acids is 1. The third kappa shape index (κ3) is 2.86. The van der Waals surface area contributed by atoms with Crippen LogP contribution in [-0.4, -0.2) is 35.7 Å². The van der Waals surface area contributed by atoms with Gasteiger partial charge in [0.05, 0.1) is 10.4 Å². The maximum Gasteiger partial charge on any atom is 0.244 e. The summed E-state index contributed by atoms with van der Waals surface area (Å²) >= 11 is 0. The van der Waals surface area contributed by atoms with Crippen molar-refractivity contribution in [3.05, 3.63) is 54.0 Å². The molecule has 0 spiro atoms. The van der Waals surface area contributed by atoms with E-state index in [1.54, 1.807) is 18.2 Å². The second kappa shape index (κ2) is 6.39. The topological polar surface area (TPSA) is 82.3 Å². The smallest absolute Gasteiger partial charge is 0.244 e. The zero-order valence-electron chi connectivity index (χ0n) is 16.7. The van der Waals surface area contributed by atoms with Crippen LogP contribution in [-0.2, 0) is 14.8 Å². The molecule has 0 saturated carbocycles. The van der Waals surface area contributed by atoms with Crippen molar-refractivity contribution in [3.63, 3.8) is 0 Å². The molecule has 0 aliphatic carbocycles. The summed E-state index contributed by atoms with van der Waals surface area (Å²) in [6.07, 6.45) is 2.84. The summed E-state index contributed by atoms with van der Waals surface area (Å²) in [6.45, 7) is 4.00. The van der Waals surface area contributed by atoms with Crippen LogP contribution in [0.15, 0.2) is 47.5 Å². The molecule has 156 valence electrons. The van der Waals surface area contributed by atoms with Gasteiger partial charge in [-0.2, -0.15) is 4.31 Å². The van der Waals surface area contributed by atoms with Crippen molar-refractivity contribution in [3.8, 4) is 11.1 Å². The molecule has 3 heterocycles. The number of hydrogen-bond donors (Lipinski definition) is 2. The van der Waals surface area contributed by atoms with Crippen molar-refractivity contribution < 1.29 is 17.6 Å². The zero-order valence-corrected chi connectivity index (χ0v) is 17.5.